The molecule has 0 N–H and O–H groups in total. The van der Waals surface area contributed by atoms with Crippen LogP contribution in [0.4, 0.5) is 5.69 Å². The van der Waals surface area contributed by atoms with Crippen LogP contribution in [0.15, 0.2) is 27.7 Å². The molecule has 1 heterocycles. The average molecular weight is 311 g/mol. The van der Waals surface area contributed by atoms with Crippen molar-refractivity contribution in [1.29, 1.82) is 0 Å². The number of rotatable bonds is 4. The molecule has 0 spiro atoms. The number of aliphatic imine (C=N–C) groups is 1. The first-order valence-electron chi connectivity index (χ1n) is 6.37. The third-order valence-electron chi connectivity index (χ3n) is 3.27. The van der Waals surface area contributed by atoms with Crippen LogP contribution in [0.5, 0.6) is 5.75 Å². The van der Waals surface area contributed by atoms with Crippen molar-refractivity contribution in [3.63, 3.8) is 0 Å². The summed E-state index contributed by atoms with van der Waals surface area (Å²) in [5.41, 5.74) is 1.16. The van der Waals surface area contributed by atoms with Crippen LogP contribution in [0.1, 0.15) is 26.7 Å². The quantitative estimate of drug-likeness (QED) is 0.843. The second-order valence-electron chi connectivity index (χ2n) is 4.39. The Balaban J connectivity index is 2.29. The Labute approximate surface area is 117 Å². The minimum Gasteiger partial charge on any atom is -0.495 e. The highest BCUT2D eigenvalue weighted by Gasteiger charge is 2.24. The van der Waals surface area contributed by atoms with E-state index in [4.69, 9.17) is 9.73 Å². The fourth-order valence-electron chi connectivity index (χ4n) is 2.21. The van der Waals surface area contributed by atoms with Gasteiger partial charge in [-0.3, -0.25) is 4.99 Å². The van der Waals surface area contributed by atoms with Gasteiger partial charge >= 0.3 is 0 Å². The van der Waals surface area contributed by atoms with Crippen LogP contribution in [0.2, 0.25) is 0 Å². The maximum atomic E-state index is 5.35. The molecule has 18 heavy (non-hydrogen) atoms. The molecule has 1 atom stereocenters. The second-order valence-corrected chi connectivity index (χ2v) is 5.24. The summed E-state index contributed by atoms with van der Waals surface area (Å²) in [6.45, 7) is 5.32. The topological polar surface area (TPSA) is 24.8 Å². The maximum absolute atomic E-state index is 5.35. The molecule has 98 valence electrons. The molecule has 0 fully saturated rings. The van der Waals surface area contributed by atoms with Crippen molar-refractivity contribution in [1.82, 2.24) is 0 Å². The summed E-state index contributed by atoms with van der Waals surface area (Å²) in [6.07, 6.45) is 2.06. The first kappa shape index (κ1) is 13.4. The molecular formula is C14H19BrN2O. The van der Waals surface area contributed by atoms with E-state index in [1.54, 1.807) is 7.11 Å². The van der Waals surface area contributed by atoms with Crippen molar-refractivity contribution in [2.75, 3.05) is 18.6 Å². The largest absolute Gasteiger partial charge is 0.495 e. The molecule has 1 aromatic rings. The molecule has 4 heteroatoms. The summed E-state index contributed by atoms with van der Waals surface area (Å²) in [7, 11) is 1.69. The van der Waals surface area contributed by atoms with Gasteiger partial charge in [0.2, 0.25) is 0 Å². The molecule has 2 rings (SSSR count). The van der Waals surface area contributed by atoms with Crippen molar-refractivity contribution < 1.29 is 4.74 Å². The highest BCUT2D eigenvalue weighted by atomic mass is 79.9. The van der Waals surface area contributed by atoms with E-state index in [0.29, 0.717) is 6.04 Å². The van der Waals surface area contributed by atoms with Gasteiger partial charge in [0.15, 0.2) is 0 Å². The first-order chi connectivity index (χ1) is 8.69. The minimum absolute atomic E-state index is 0.426. The molecule has 1 aliphatic rings. The zero-order chi connectivity index (χ0) is 13.1. The number of benzene rings is 1. The number of ether oxygens (including phenoxy) is 1. The standard InChI is InChI=1S/C14H19BrN2O/c1-4-10-9-17(14(5-2)16-10)11-6-7-12(15)13(8-11)18-3/h6-8,10H,4-5,9H2,1-3H3. The van der Waals surface area contributed by atoms with Crippen molar-refractivity contribution >= 4 is 27.5 Å². The maximum Gasteiger partial charge on any atom is 0.135 e. The van der Waals surface area contributed by atoms with Gasteiger partial charge in [0.25, 0.3) is 0 Å². The normalized spacial score (nSPS) is 19.0. The minimum atomic E-state index is 0.426. The van der Waals surface area contributed by atoms with Gasteiger partial charge in [-0.05, 0) is 34.5 Å². The number of hydrogen-bond acceptors (Lipinski definition) is 3. The molecule has 1 aromatic carbocycles. The van der Waals surface area contributed by atoms with Gasteiger partial charge in [0.1, 0.15) is 11.6 Å². The van der Waals surface area contributed by atoms with E-state index in [0.717, 1.165) is 35.3 Å². The Morgan fingerprint density at radius 1 is 1.44 bits per heavy atom. The van der Waals surface area contributed by atoms with Crippen LogP contribution in [0, 0.1) is 0 Å². The Hall–Kier alpha value is -1.03. The summed E-state index contributed by atoms with van der Waals surface area (Å²) in [4.78, 5) is 7.05. The fourth-order valence-corrected chi connectivity index (χ4v) is 2.62. The smallest absolute Gasteiger partial charge is 0.135 e. The summed E-state index contributed by atoms with van der Waals surface area (Å²) >= 11 is 3.48. The molecule has 3 nitrogen and oxygen atoms in total. The SMILES string of the molecule is CCC1=NC(CC)CN1c1ccc(Br)c(OC)c1. The number of hydrogen-bond donors (Lipinski definition) is 0. The van der Waals surface area contributed by atoms with E-state index in [9.17, 15) is 0 Å². The summed E-state index contributed by atoms with van der Waals surface area (Å²) in [5, 5.41) is 0. The molecule has 0 saturated heterocycles. The zero-order valence-corrected chi connectivity index (χ0v) is 12.7. The van der Waals surface area contributed by atoms with E-state index in [2.05, 4.69) is 46.8 Å². The zero-order valence-electron chi connectivity index (χ0n) is 11.1. The lowest BCUT2D eigenvalue weighted by atomic mass is 10.2. The summed E-state index contributed by atoms with van der Waals surface area (Å²) in [5.74, 6) is 2.04. The Bertz CT molecular complexity index is 459. The van der Waals surface area contributed by atoms with Crippen molar-refractivity contribution in [3.05, 3.63) is 22.7 Å². The van der Waals surface area contributed by atoms with Gasteiger partial charge in [-0.15, -0.1) is 0 Å². The van der Waals surface area contributed by atoms with E-state index >= 15 is 0 Å². The molecule has 0 amide bonds. The Morgan fingerprint density at radius 3 is 2.83 bits per heavy atom. The Morgan fingerprint density at radius 2 is 2.22 bits per heavy atom. The van der Waals surface area contributed by atoms with Gasteiger partial charge in [0, 0.05) is 24.7 Å². The van der Waals surface area contributed by atoms with E-state index in [1.165, 1.54) is 5.84 Å². The molecule has 0 radical (unpaired) electrons. The van der Waals surface area contributed by atoms with Gasteiger partial charge in [-0.1, -0.05) is 13.8 Å². The van der Waals surface area contributed by atoms with Gasteiger partial charge in [-0.2, -0.15) is 0 Å². The Kier molecular flexibility index (Phi) is 4.27. The predicted octanol–water partition coefficient (Wildman–Crippen LogP) is 3.86. The van der Waals surface area contributed by atoms with Crippen LogP contribution in [-0.2, 0) is 0 Å². The van der Waals surface area contributed by atoms with Crippen molar-refractivity contribution in [2.45, 2.75) is 32.7 Å². The third kappa shape index (κ3) is 2.53. The summed E-state index contributed by atoms with van der Waals surface area (Å²) in [6, 6.07) is 6.62. The summed E-state index contributed by atoms with van der Waals surface area (Å²) < 4.78 is 6.34. The monoisotopic (exact) mass is 310 g/mol. The third-order valence-corrected chi connectivity index (χ3v) is 3.93. The fraction of sp³-hybridized carbons (Fsp3) is 0.500. The molecule has 1 unspecified atom stereocenters. The van der Waals surface area contributed by atoms with Crippen LogP contribution >= 0.6 is 15.9 Å². The van der Waals surface area contributed by atoms with E-state index in [-0.39, 0.29) is 0 Å². The van der Waals surface area contributed by atoms with Crippen LogP contribution in [0.25, 0.3) is 0 Å². The van der Waals surface area contributed by atoms with Crippen LogP contribution in [0.3, 0.4) is 0 Å². The molecule has 0 bridgehead atoms. The lowest BCUT2D eigenvalue weighted by Crippen LogP contribution is -2.28. The average Bonchev–Trinajstić information content (AvgIpc) is 2.82. The van der Waals surface area contributed by atoms with Crippen molar-refractivity contribution in [3.8, 4) is 5.75 Å². The number of methoxy groups -OCH3 is 1. The lowest BCUT2D eigenvalue weighted by molar-refractivity contribution is 0.412. The van der Waals surface area contributed by atoms with Gasteiger partial charge in [-0.25, -0.2) is 0 Å². The number of amidine groups is 1. The molecule has 0 saturated carbocycles. The first-order valence-corrected chi connectivity index (χ1v) is 7.16. The van der Waals surface area contributed by atoms with Gasteiger partial charge in [0.05, 0.1) is 17.6 Å². The molecule has 1 aliphatic heterocycles. The molecular weight excluding hydrogens is 292 g/mol. The molecule has 0 aliphatic carbocycles. The molecule has 0 aromatic heterocycles. The van der Waals surface area contributed by atoms with Gasteiger partial charge < -0.3 is 9.64 Å². The van der Waals surface area contributed by atoms with Crippen LogP contribution in [-0.4, -0.2) is 25.5 Å². The van der Waals surface area contributed by atoms with Crippen molar-refractivity contribution in [2.24, 2.45) is 4.99 Å². The van der Waals surface area contributed by atoms with Crippen LogP contribution < -0.4 is 9.64 Å². The van der Waals surface area contributed by atoms with E-state index < -0.39 is 0 Å². The second kappa shape index (κ2) is 5.74. The number of nitrogens with zero attached hydrogens (tertiary/aromatic N) is 2. The van der Waals surface area contributed by atoms with E-state index in [1.807, 2.05) is 6.07 Å². The number of halogens is 1. The number of anilines is 1. The predicted molar refractivity (Wildman–Crippen MR) is 79.8 cm³/mol. The highest BCUT2D eigenvalue weighted by Crippen LogP contribution is 2.31. The lowest BCUT2D eigenvalue weighted by Gasteiger charge is -2.21. The highest BCUT2D eigenvalue weighted by molar-refractivity contribution is 9.10.